The first kappa shape index (κ1) is 29.1. The quantitative estimate of drug-likeness (QED) is 0.231. The van der Waals surface area contributed by atoms with Gasteiger partial charge in [-0.2, -0.15) is 26.3 Å². The lowest BCUT2D eigenvalue weighted by Crippen LogP contribution is -2.26. The molecule has 12 heteroatoms. The Morgan fingerprint density at radius 3 is 1.07 bits per heavy atom. The van der Waals surface area contributed by atoms with Gasteiger partial charge in [0.15, 0.2) is 0 Å². The molecule has 0 saturated carbocycles. The standard InChI is InChI=1S/C32H20F6N2O4/c33-31(34,35)19-5-1-17(2-6-19)13-15-39-27(41)23-11-9-22-21(25(23)29(39)43)10-12-24-26(22)30(44)40(28(24)42)16-14-18-3-7-20(8-4-18)32(36,37)38/h1-12H,13-16H2. The van der Waals surface area contributed by atoms with E-state index < -0.39 is 45.7 Å². The van der Waals surface area contributed by atoms with Crippen molar-refractivity contribution in [2.45, 2.75) is 38.3 Å². The van der Waals surface area contributed by atoms with Crippen LogP contribution in [0.15, 0.2) is 92.0 Å². The number of nitrogens with zero attached hydrogens (tertiary/aromatic N) is 2. The van der Waals surface area contributed by atoms with Gasteiger partial charge < -0.3 is 0 Å². The van der Waals surface area contributed by atoms with Crippen molar-refractivity contribution in [3.8, 4) is 0 Å². The van der Waals surface area contributed by atoms with Crippen molar-refractivity contribution in [1.29, 1.82) is 0 Å². The number of benzene rings is 4. The molecule has 0 bridgehead atoms. The summed E-state index contributed by atoms with van der Waals surface area (Å²) >= 11 is 0. The number of alkyl halides is 6. The van der Waals surface area contributed by atoms with Gasteiger partial charge in [-0.05, 0) is 71.1 Å². The van der Waals surface area contributed by atoms with E-state index in [9.17, 15) is 45.5 Å². The Morgan fingerprint density at radius 2 is 0.750 bits per heavy atom. The summed E-state index contributed by atoms with van der Waals surface area (Å²) in [6.45, 7) is -0.168. The van der Waals surface area contributed by atoms with Crippen LogP contribution in [0.3, 0.4) is 0 Å². The van der Waals surface area contributed by atoms with Crippen LogP contribution in [0.4, 0.5) is 26.3 Å². The third kappa shape index (κ3) is 4.89. The van der Waals surface area contributed by atoms with Crippen LogP contribution in [-0.2, 0) is 38.3 Å². The first-order chi connectivity index (χ1) is 20.8. The summed E-state index contributed by atoms with van der Waals surface area (Å²) in [6, 6.07) is 14.6. The number of fused-ring (bicyclic) bond motifs is 5. The molecule has 0 atom stereocenters. The molecule has 6 rings (SSSR count). The highest BCUT2D eigenvalue weighted by molar-refractivity contribution is 6.17. The van der Waals surface area contributed by atoms with Crippen LogP contribution >= 0.6 is 0 Å². The number of rotatable bonds is 6. The van der Waals surface area contributed by atoms with Crippen LogP contribution in [-0.4, -0.2) is 9.13 Å². The minimum atomic E-state index is -4.49. The van der Waals surface area contributed by atoms with Crippen LogP contribution in [0, 0.1) is 0 Å². The van der Waals surface area contributed by atoms with Gasteiger partial charge in [-0.3, -0.25) is 28.3 Å². The Bertz CT molecular complexity index is 2110. The van der Waals surface area contributed by atoms with E-state index in [4.69, 9.17) is 0 Å². The average Bonchev–Trinajstić information content (AvgIpc) is 3.38. The summed E-state index contributed by atoms with van der Waals surface area (Å²) in [4.78, 5) is 53.1. The van der Waals surface area contributed by atoms with Gasteiger partial charge in [-0.25, -0.2) is 0 Å². The van der Waals surface area contributed by atoms with Crippen LogP contribution in [0.5, 0.6) is 0 Å². The molecule has 0 amide bonds. The van der Waals surface area contributed by atoms with Gasteiger partial charge >= 0.3 is 12.4 Å². The van der Waals surface area contributed by atoms with Gasteiger partial charge in [0.05, 0.1) is 32.7 Å². The zero-order chi connectivity index (χ0) is 31.6. The van der Waals surface area contributed by atoms with Crippen LogP contribution in [0.1, 0.15) is 22.3 Å². The molecule has 0 saturated heterocycles. The Balaban J connectivity index is 1.34. The van der Waals surface area contributed by atoms with Crippen molar-refractivity contribution in [3.05, 3.63) is 136 Å². The lowest BCUT2D eigenvalue weighted by Gasteiger charge is -2.07. The van der Waals surface area contributed by atoms with Gasteiger partial charge in [-0.15, -0.1) is 0 Å². The number of halogens is 6. The van der Waals surface area contributed by atoms with E-state index in [0.717, 1.165) is 33.4 Å². The van der Waals surface area contributed by atoms with Crippen LogP contribution in [0.2, 0.25) is 0 Å². The van der Waals surface area contributed by atoms with E-state index >= 15 is 0 Å². The zero-order valence-corrected chi connectivity index (χ0v) is 22.6. The Kier molecular flexibility index (Phi) is 6.82. The van der Waals surface area contributed by atoms with Gasteiger partial charge in [0.2, 0.25) is 0 Å². The molecule has 2 aromatic heterocycles. The highest BCUT2D eigenvalue weighted by Gasteiger charge is 2.31. The van der Waals surface area contributed by atoms with Crippen molar-refractivity contribution in [3.63, 3.8) is 0 Å². The third-order valence-corrected chi connectivity index (χ3v) is 7.88. The lowest BCUT2D eigenvalue weighted by molar-refractivity contribution is -0.138. The fourth-order valence-corrected chi connectivity index (χ4v) is 5.58. The van der Waals surface area contributed by atoms with E-state index in [1.54, 1.807) is 0 Å². The van der Waals surface area contributed by atoms with E-state index in [2.05, 4.69) is 0 Å². The summed E-state index contributed by atoms with van der Waals surface area (Å²) in [5.74, 6) is 0. The van der Waals surface area contributed by atoms with Gasteiger partial charge in [0.25, 0.3) is 22.2 Å². The third-order valence-electron chi connectivity index (χ3n) is 7.88. The summed E-state index contributed by atoms with van der Waals surface area (Å²) in [5.41, 5.74) is -3.05. The number of aryl methyl sites for hydroxylation is 2. The summed E-state index contributed by atoms with van der Waals surface area (Å²) in [7, 11) is 0. The highest BCUT2D eigenvalue weighted by Crippen LogP contribution is 2.30. The molecule has 2 heterocycles. The van der Waals surface area contributed by atoms with Crippen molar-refractivity contribution in [1.82, 2.24) is 9.13 Å². The van der Waals surface area contributed by atoms with E-state index in [-0.39, 0.29) is 47.5 Å². The fraction of sp³-hybridized carbons (Fsp3) is 0.188. The second-order valence-corrected chi connectivity index (χ2v) is 10.5. The maximum atomic E-state index is 13.4. The number of aromatic nitrogens is 2. The van der Waals surface area contributed by atoms with Crippen LogP contribution in [0.25, 0.3) is 32.3 Å². The summed E-state index contributed by atoms with van der Waals surface area (Å²) in [5, 5.41) is 0.915. The molecule has 0 radical (unpaired) electrons. The zero-order valence-electron chi connectivity index (χ0n) is 22.6. The molecule has 0 spiro atoms. The second-order valence-electron chi connectivity index (χ2n) is 10.5. The Hall–Kier alpha value is -5.00. The predicted octanol–water partition coefficient (Wildman–Crippen LogP) is 5.59. The first-order valence-corrected chi connectivity index (χ1v) is 13.4. The number of hydrogen-bond donors (Lipinski definition) is 0. The fourth-order valence-electron chi connectivity index (χ4n) is 5.58. The van der Waals surface area contributed by atoms with Gasteiger partial charge in [0.1, 0.15) is 0 Å². The molecular weight excluding hydrogens is 590 g/mol. The molecule has 6 nitrogen and oxygen atoms in total. The molecule has 0 aliphatic rings. The SMILES string of the molecule is O=c1c2ccc3c(ccc4c(=O)n(CCc5ccc(C(F)(F)F)cc5)c(=O)c43)c2c(=O)n1CCc1ccc(C(F)(F)F)cc1. The molecule has 4 aromatic carbocycles. The van der Waals surface area contributed by atoms with E-state index in [1.165, 1.54) is 48.5 Å². The predicted molar refractivity (Wildman–Crippen MR) is 153 cm³/mol. The molecule has 224 valence electrons. The Morgan fingerprint density at radius 1 is 0.432 bits per heavy atom. The van der Waals surface area contributed by atoms with Crippen molar-refractivity contribution >= 4 is 32.3 Å². The van der Waals surface area contributed by atoms with Gasteiger partial charge in [0, 0.05) is 13.1 Å². The first-order valence-electron chi connectivity index (χ1n) is 13.4. The van der Waals surface area contributed by atoms with Gasteiger partial charge in [-0.1, -0.05) is 36.4 Å². The maximum Gasteiger partial charge on any atom is 0.416 e. The average molecular weight is 611 g/mol. The number of hydrogen-bond acceptors (Lipinski definition) is 4. The largest absolute Gasteiger partial charge is 0.416 e. The minimum absolute atomic E-state index is 0.0613. The molecule has 0 aliphatic carbocycles. The van der Waals surface area contributed by atoms with Crippen molar-refractivity contribution < 1.29 is 26.3 Å². The molecule has 0 unspecified atom stereocenters. The van der Waals surface area contributed by atoms with Crippen molar-refractivity contribution in [2.75, 3.05) is 0 Å². The lowest BCUT2D eigenvalue weighted by atomic mass is 10.0. The highest BCUT2D eigenvalue weighted by atomic mass is 19.4. The summed E-state index contributed by atoms with van der Waals surface area (Å²) in [6.07, 6.45) is -8.73. The Labute approximate surface area is 242 Å². The molecule has 0 fully saturated rings. The normalized spacial score (nSPS) is 12.6. The smallest absolute Gasteiger partial charge is 0.274 e. The molecule has 6 aromatic rings. The van der Waals surface area contributed by atoms with E-state index in [1.807, 2.05) is 0 Å². The minimum Gasteiger partial charge on any atom is -0.274 e. The molecular formula is C32H20F6N2O4. The molecule has 0 N–H and O–H groups in total. The topological polar surface area (TPSA) is 78.1 Å². The van der Waals surface area contributed by atoms with Crippen LogP contribution < -0.4 is 22.2 Å². The van der Waals surface area contributed by atoms with Crippen molar-refractivity contribution in [2.24, 2.45) is 0 Å². The monoisotopic (exact) mass is 610 g/mol. The molecule has 0 aliphatic heterocycles. The molecule has 44 heavy (non-hydrogen) atoms. The second kappa shape index (κ2) is 10.3. The van der Waals surface area contributed by atoms with E-state index in [0.29, 0.717) is 21.9 Å². The maximum absolute atomic E-state index is 13.4. The summed E-state index contributed by atoms with van der Waals surface area (Å²) < 4.78 is 79.2.